The Morgan fingerprint density at radius 2 is 1.80 bits per heavy atom. The van der Waals surface area contributed by atoms with Gasteiger partial charge in [-0.25, -0.2) is 18.8 Å². The first kappa shape index (κ1) is 34.4. The van der Waals surface area contributed by atoms with Gasteiger partial charge in [-0.2, -0.15) is 0 Å². The molecule has 4 rings (SSSR count). The molecule has 2 atom stereocenters. The van der Waals surface area contributed by atoms with Crippen LogP contribution in [0.25, 0.3) is 10.4 Å². The zero-order valence-electron chi connectivity index (χ0n) is 25.9. The molecule has 3 aromatic carbocycles. The van der Waals surface area contributed by atoms with Crippen LogP contribution in [0.4, 0.5) is 5.69 Å². The molecule has 13 nitrogen and oxygen atoms in total. The minimum Gasteiger partial charge on any atom is -0.494 e. The monoisotopic (exact) mass is 649 g/mol. The van der Waals surface area contributed by atoms with Gasteiger partial charge in [-0.3, -0.25) is 10.2 Å². The second-order valence-corrected chi connectivity index (χ2v) is 13.1. The number of nitrogens with zero attached hydrogens (tertiary/aromatic N) is 5. The Morgan fingerprint density at radius 3 is 2.50 bits per heavy atom. The summed E-state index contributed by atoms with van der Waals surface area (Å²) in [4.78, 5) is 24.2. The lowest BCUT2D eigenvalue weighted by molar-refractivity contribution is -0.130. The summed E-state index contributed by atoms with van der Waals surface area (Å²) in [6, 6.07) is 21.6. The largest absolute Gasteiger partial charge is 0.494 e. The molecule has 1 amide bonds. The molecule has 46 heavy (non-hydrogen) atoms. The summed E-state index contributed by atoms with van der Waals surface area (Å²) >= 11 is 0. The van der Waals surface area contributed by atoms with Gasteiger partial charge in [0.15, 0.2) is 21.5 Å². The lowest BCUT2D eigenvalue weighted by Gasteiger charge is -2.31. The van der Waals surface area contributed by atoms with Crippen molar-refractivity contribution in [3.05, 3.63) is 100 Å². The Morgan fingerprint density at radius 1 is 1.09 bits per heavy atom. The zero-order chi connectivity index (χ0) is 33.0. The van der Waals surface area contributed by atoms with Crippen LogP contribution in [0, 0.1) is 0 Å². The Hall–Kier alpha value is -4.46. The fourth-order valence-corrected chi connectivity index (χ4v) is 6.35. The summed E-state index contributed by atoms with van der Waals surface area (Å²) in [5.74, 6) is -0.327. The number of nitrogens with one attached hydrogen (secondary N) is 2. The molecule has 1 heterocycles. The average Bonchev–Trinajstić information content (AvgIpc) is 3.45. The molecule has 244 valence electrons. The number of carbonyl (C=O) groups is 1. The van der Waals surface area contributed by atoms with Crippen LogP contribution in [-0.4, -0.2) is 81.9 Å². The van der Waals surface area contributed by atoms with Gasteiger partial charge in [0.25, 0.3) is 5.91 Å². The normalized spacial score (nSPS) is 17.6. The van der Waals surface area contributed by atoms with Crippen LogP contribution < -0.4 is 15.6 Å². The van der Waals surface area contributed by atoms with Crippen molar-refractivity contribution < 1.29 is 27.8 Å². The number of rotatable bonds is 17. The molecule has 3 aromatic rings. The van der Waals surface area contributed by atoms with Crippen LogP contribution in [-0.2, 0) is 19.4 Å². The first-order valence-corrected chi connectivity index (χ1v) is 16.6. The molecule has 0 saturated carbocycles. The zero-order valence-corrected chi connectivity index (χ0v) is 26.7. The van der Waals surface area contributed by atoms with E-state index in [1.807, 2.05) is 19.0 Å². The summed E-state index contributed by atoms with van der Waals surface area (Å²) < 4.78 is 39.1. The summed E-state index contributed by atoms with van der Waals surface area (Å²) in [6.45, 7) is 1.59. The number of aliphatic hydroxyl groups excluding tert-OH is 1. The smallest absolute Gasteiger partial charge is 0.266 e. The van der Waals surface area contributed by atoms with Crippen LogP contribution in [0.3, 0.4) is 0 Å². The quantitative estimate of drug-likeness (QED) is 0.0644. The van der Waals surface area contributed by atoms with Gasteiger partial charge in [-0.05, 0) is 69.0 Å². The van der Waals surface area contributed by atoms with Crippen molar-refractivity contribution in [3.63, 3.8) is 0 Å². The van der Waals surface area contributed by atoms with E-state index < -0.39 is 33.1 Å². The maximum atomic E-state index is 14.2. The lowest BCUT2D eigenvalue weighted by Crippen LogP contribution is -2.53. The van der Waals surface area contributed by atoms with Gasteiger partial charge in [-0.15, -0.1) is 0 Å². The van der Waals surface area contributed by atoms with Crippen molar-refractivity contribution in [1.82, 2.24) is 15.8 Å². The molecule has 0 unspecified atom stereocenters. The highest BCUT2D eigenvalue weighted by atomic mass is 32.2. The number of ether oxygens (including phenoxy) is 2. The molecule has 0 radical (unpaired) electrons. The molecule has 0 saturated heterocycles. The van der Waals surface area contributed by atoms with E-state index in [-0.39, 0.29) is 29.5 Å². The van der Waals surface area contributed by atoms with E-state index in [1.54, 1.807) is 66.7 Å². The van der Waals surface area contributed by atoms with Gasteiger partial charge in [0, 0.05) is 47.7 Å². The summed E-state index contributed by atoms with van der Waals surface area (Å²) in [6.07, 6.45) is -0.157. The number of hydrazine groups is 1. The van der Waals surface area contributed by atoms with Gasteiger partial charge in [0.05, 0.1) is 17.3 Å². The van der Waals surface area contributed by atoms with Crippen molar-refractivity contribution in [1.29, 1.82) is 0 Å². The topological polar surface area (TPSA) is 178 Å². The number of hydrogen-bond donors (Lipinski definition) is 3. The maximum absolute atomic E-state index is 14.2. The molecule has 0 fully saturated rings. The minimum atomic E-state index is -3.83. The van der Waals surface area contributed by atoms with Crippen molar-refractivity contribution >= 4 is 27.3 Å². The molecule has 1 aliphatic rings. The third-order valence-corrected chi connectivity index (χ3v) is 9.10. The van der Waals surface area contributed by atoms with E-state index in [0.29, 0.717) is 36.4 Å². The number of sulfone groups is 1. The number of aliphatic imine (C=N–C) groups is 1. The fraction of sp³-hybridized carbons (Fsp3) is 0.375. The molecule has 1 aliphatic heterocycles. The second kappa shape index (κ2) is 16.2. The van der Waals surface area contributed by atoms with E-state index >= 15 is 0 Å². The fourth-order valence-electron chi connectivity index (χ4n) is 4.97. The second-order valence-electron chi connectivity index (χ2n) is 11.0. The number of amides is 1. The van der Waals surface area contributed by atoms with E-state index in [0.717, 1.165) is 13.0 Å². The molecule has 0 spiro atoms. The van der Waals surface area contributed by atoms with Gasteiger partial charge < -0.3 is 19.5 Å². The molecule has 14 heteroatoms. The maximum Gasteiger partial charge on any atom is 0.266 e. The predicted octanol–water partition coefficient (Wildman–Crippen LogP) is 4.08. The highest BCUT2D eigenvalue weighted by Gasteiger charge is 2.54. The van der Waals surface area contributed by atoms with Crippen LogP contribution in [0.15, 0.2) is 93.9 Å². The van der Waals surface area contributed by atoms with Crippen LogP contribution in [0.1, 0.15) is 36.5 Å². The highest BCUT2D eigenvalue weighted by molar-refractivity contribution is 7.91. The predicted molar refractivity (Wildman–Crippen MR) is 174 cm³/mol. The third kappa shape index (κ3) is 8.62. The molecule has 0 bridgehead atoms. The highest BCUT2D eigenvalue weighted by Crippen LogP contribution is 2.45. The van der Waals surface area contributed by atoms with Gasteiger partial charge >= 0.3 is 0 Å². The summed E-state index contributed by atoms with van der Waals surface area (Å²) in [7, 11) is 0.0717. The van der Waals surface area contributed by atoms with E-state index in [2.05, 4.69) is 20.9 Å². The Kier molecular flexibility index (Phi) is 12.1. The van der Waals surface area contributed by atoms with E-state index in [1.165, 1.54) is 12.1 Å². The average molecular weight is 650 g/mol. The molecule has 3 N–H and O–H groups in total. The molecular weight excluding hydrogens is 610 g/mol. The first-order chi connectivity index (χ1) is 22.2. The first-order valence-electron chi connectivity index (χ1n) is 14.9. The number of azide groups is 1. The van der Waals surface area contributed by atoms with Crippen LogP contribution in [0.5, 0.6) is 5.75 Å². The minimum absolute atomic E-state index is 0.0100. The molecule has 0 aliphatic carbocycles. The Bertz CT molecular complexity index is 1640. The SMILES string of the molecule is CN(C)CCCNNC(=O)[C@@]1(CCS(=O)(=O)c2ccccc2)N=C(c2ccc(OCCCO)cc2)O[C@H]1c1ccccc1N=[N+]=[N-]. The van der Waals surface area contributed by atoms with Crippen molar-refractivity contribution in [3.8, 4) is 5.75 Å². The van der Waals surface area contributed by atoms with Gasteiger partial charge in [0.1, 0.15) is 5.75 Å². The standard InChI is InChI=1S/C32H39N7O6S/c1-39(2)20-8-19-34-37-31(41)32(18-23-46(42,43)26-10-4-3-5-11-26)29(27-12-6-7-13-28(27)36-38-33)45-30(35-32)24-14-16-25(17-15-24)44-22-9-21-40/h3-7,10-17,29,34,40H,8-9,18-23H2,1-2H3,(H,37,41)/t29-,32-/m0/s1. The third-order valence-electron chi connectivity index (χ3n) is 7.36. The molecular formula is C32H39N7O6S. The summed E-state index contributed by atoms with van der Waals surface area (Å²) in [5.41, 5.74) is 14.3. The van der Waals surface area contributed by atoms with Gasteiger partial charge in [-0.1, -0.05) is 47.6 Å². The van der Waals surface area contributed by atoms with Gasteiger partial charge in [0.2, 0.25) is 5.90 Å². The van der Waals surface area contributed by atoms with Crippen LogP contribution >= 0.6 is 0 Å². The molecule has 0 aromatic heterocycles. The number of hydrogen-bond acceptors (Lipinski definition) is 10. The van der Waals surface area contributed by atoms with E-state index in [9.17, 15) is 18.7 Å². The van der Waals surface area contributed by atoms with Crippen molar-refractivity contribution in [2.24, 2.45) is 10.1 Å². The number of aliphatic hydroxyl groups is 1. The lowest BCUT2D eigenvalue weighted by atomic mass is 9.84. The summed E-state index contributed by atoms with van der Waals surface area (Å²) in [5, 5.41) is 12.9. The van der Waals surface area contributed by atoms with Crippen molar-refractivity contribution in [2.75, 3.05) is 46.2 Å². The number of carbonyl (C=O) groups excluding carboxylic acids is 1. The van der Waals surface area contributed by atoms with Crippen LogP contribution in [0.2, 0.25) is 0 Å². The van der Waals surface area contributed by atoms with E-state index in [4.69, 9.17) is 19.6 Å². The Balaban J connectivity index is 1.77. The van der Waals surface area contributed by atoms with Crippen molar-refractivity contribution in [2.45, 2.75) is 35.8 Å². The Labute approximate surface area is 268 Å². The number of benzene rings is 3.